The Morgan fingerprint density at radius 1 is 1.50 bits per heavy atom. The fourth-order valence-electron chi connectivity index (χ4n) is 3.22. The molecule has 3 N–H and O–H groups in total. The van der Waals surface area contributed by atoms with Crippen LogP contribution in [0.5, 0.6) is 0 Å². The summed E-state index contributed by atoms with van der Waals surface area (Å²) in [6, 6.07) is 7.14. The average Bonchev–Trinajstić information content (AvgIpc) is 2.82. The number of fused-ring (bicyclic) bond motifs is 1. The summed E-state index contributed by atoms with van der Waals surface area (Å²) >= 11 is 0. The molecule has 0 spiro atoms. The minimum atomic E-state index is -0.386. The molecule has 108 valence electrons. The first kappa shape index (κ1) is 13.3. The molecule has 2 unspecified atom stereocenters. The van der Waals surface area contributed by atoms with E-state index in [1.807, 2.05) is 6.92 Å². The van der Waals surface area contributed by atoms with E-state index in [9.17, 15) is 4.79 Å². The van der Waals surface area contributed by atoms with Gasteiger partial charge in [0.25, 0.3) is 0 Å². The van der Waals surface area contributed by atoms with Crippen molar-refractivity contribution in [3.05, 3.63) is 23.8 Å². The lowest BCUT2D eigenvalue weighted by molar-refractivity contribution is -0.125. The standard InChI is InChI=1S/C16H23N3O/c1-11-3-4-12-9-13(5-6-14(12)18-11)19-8-7-16(2,10-19)15(17)20/h5-6,9,11,18H,3-4,7-8,10H2,1-2H3,(H2,17,20). The van der Waals surface area contributed by atoms with Gasteiger partial charge in [-0.25, -0.2) is 0 Å². The third kappa shape index (κ3) is 2.23. The molecular formula is C16H23N3O. The zero-order valence-corrected chi connectivity index (χ0v) is 12.3. The van der Waals surface area contributed by atoms with Crippen molar-refractivity contribution in [2.75, 3.05) is 23.3 Å². The van der Waals surface area contributed by atoms with Gasteiger partial charge in [-0.1, -0.05) is 0 Å². The SMILES string of the molecule is CC1CCc2cc(N3CCC(C)(C(N)=O)C3)ccc2N1. The fourth-order valence-corrected chi connectivity index (χ4v) is 3.22. The number of hydrogen-bond acceptors (Lipinski definition) is 3. The average molecular weight is 273 g/mol. The maximum atomic E-state index is 11.6. The molecule has 3 rings (SSSR count). The van der Waals surface area contributed by atoms with E-state index in [1.165, 1.54) is 23.4 Å². The summed E-state index contributed by atoms with van der Waals surface area (Å²) in [5.74, 6) is -0.187. The van der Waals surface area contributed by atoms with E-state index in [-0.39, 0.29) is 11.3 Å². The Morgan fingerprint density at radius 3 is 3.00 bits per heavy atom. The van der Waals surface area contributed by atoms with Gasteiger partial charge < -0.3 is 16.0 Å². The highest BCUT2D eigenvalue weighted by molar-refractivity contribution is 5.82. The zero-order valence-electron chi connectivity index (χ0n) is 12.3. The largest absolute Gasteiger partial charge is 0.382 e. The molecule has 0 bridgehead atoms. The van der Waals surface area contributed by atoms with E-state index in [2.05, 4.69) is 35.3 Å². The van der Waals surface area contributed by atoms with Crippen molar-refractivity contribution in [3.63, 3.8) is 0 Å². The molecule has 1 fully saturated rings. The minimum Gasteiger partial charge on any atom is -0.382 e. The van der Waals surface area contributed by atoms with E-state index < -0.39 is 0 Å². The number of amides is 1. The molecule has 0 saturated carbocycles. The zero-order chi connectivity index (χ0) is 14.3. The van der Waals surface area contributed by atoms with Crippen molar-refractivity contribution < 1.29 is 4.79 Å². The smallest absolute Gasteiger partial charge is 0.225 e. The number of hydrogen-bond donors (Lipinski definition) is 2. The van der Waals surface area contributed by atoms with Gasteiger partial charge >= 0.3 is 0 Å². The molecule has 0 aromatic heterocycles. The van der Waals surface area contributed by atoms with Gasteiger partial charge in [0.1, 0.15) is 0 Å². The number of nitrogens with two attached hydrogens (primary N) is 1. The van der Waals surface area contributed by atoms with Crippen LogP contribution in [0.1, 0.15) is 32.3 Å². The summed E-state index contributed by atoms with van der Waals surface area (Å²) < 4.78 is 0. The highest BCUT2D eigenvalue weighted by Gasteiger charge is 2.39. The molecule has 2 heterocycles. The second-order valence-electron chi connectivity index (χ2n) is 6.52. The molecule has 1 saturated heterocycles. The van der Waals surface area contributed by atoms with E-state index >= 15 is 0 Å². The van der Waals surface area contributed by atoms with Crippen LogP contribution in [0.4, 0.5) is 11.4 Å². The van der Waals surface area contributed by atoms with Crippen LogP contribution in [0.15, 0.2) is 18.2 Å². The fraction of sp³-hybridized carbons (Fsp3) is 0.562. The third-order valence-electron chi connectivity index (χ3n) is 4.77. The molecule has 4 heteroatoms. The molecule has 1 aromatic carbocycles. The number of primary amides is 1. The number of aryl methyl sites for hydroxylation is 1. The van der Waals surface area contributed by atoms with Gasteiger partial charge in [0.15, 0.2) is 0 Å². The molecule has 2 atom stereocenters. The predicted octanol–water partition coefficient (Wildman–Crippen LogP) is 2.13. The quantitative estimate of drug-likeness (QED) is 0.868. The van der Waals surface area contributed by atoms with Crippen LogP contribution in [0, 0.1) is 5.41 Å². The Hall–Kier alpha value is -1.71. The predicted molar refractivity (Wildman–Crippen MR) is 82.0 cm³/mol. The molecule has 2 aliphatic rings. The van der Waals surface area contributed by atoms with Crippen LogP contribution in [-0.2, 0) is 11.2 Å². The van der Waals surface area contributed by atoms with Crippen molar-refractivity contribution in [2.24, 2.45) is 11.1 Å². The molecular weight excluding hydrogens is 250 g/mol. The van der Waals surface area contributed by atoms with Gasteiger partial charge in [-0.3, -0.25) is 4.79 Å². The minimum absolute atomic E-state index is 0.187. The van der Waals surface area contributed by atoms with Crippen LogP contribution < -0.4 is 16.0 Å². The topological polar surface area (TPSA) is 58.4 Å². The van der Waals surface area contributed by atoms with E-state index in [0.717, 1.165) is 25.9 Å². The summed E-state index contributed by atoms with van der Waals surface area (Å²) in [5.41, 5.74) is 8.99. The van der Waals surface area contributed by atoms with Gasteiger partial charge in [-0.05, 0) is 56.9 Å². The van der Waals surface area contributed by atoms with Gasteiger partial charge in [0.05, 0.1) is 5.41 Å². The Morgan fingerprint density at radius 2 is 2.30 bits per heavy atom. The summed E-state index contributed by atoms with van der Waals surface area (Å²) in [6.07, 6.45) is 3.14. The molecule has 2 aliphatic heterocycles. The highest BCUT2D eigenvalue weighted by Crippen LogP contribution is 2.35. The first-order valence-corrected chi connectivity index (χ1v) is 7.42. The molecule has 20 heavy (non-hydrogen) atoms. The summed E-state index contributed by atoms with van der Waals surface area (Å²) in [4.78, 5) is 13.8. The van der Waals surface area contributed by atoms with Gasteiger partial charge in [-0.2, -0.15) is 0 Å². The van der Waals surface area contributed by atoms with Crippen molar-refractivity contribution in [1.29, 1.82) is 0 Å². The normalized spacial score (nSPS) is 28.9. The van der Waals surface area contributed by atoms with Crippen molar-refractivity contribution in [3.8, 4) is 0 Å². The van der Waals surface area contributed by atoms with Crippen molar-refractivity contribution >= 4 is 17.3 Å². The first-order valence-electron chi connectivity index (χ1n) is 7.42. The van der Waals surface area contributed by atoms with Crippen molar-refractivity contribution in [1.82, 2.24) is 0 Å². The van der Waals surface area contributed by atoms with Crippen LogP contribution in [0.2, 0.25) is 0 Å². The van der Waals surface area contributed by atoms with E-state index in [4.69, 9.17) is 5.73 Å². The number of benzene rings is 1. The second kappa shape index (κ2) is 4.69. The van der Waals surface area contributed by atoms with Crippen LogP contribution in [0.3, 0.4) is 0 Å². The maximum absolute atomic E-state index is 11.6. The number of nitrogens with one attached hydrogen (secondary N) is 1. The van der Waals surface area contributed by atoms with Crippen molar-refractivity contribution in [2.45, 2.75) is 39.2 Å². The van der Waals surface area contributed by atoms with Gasteiger partial charge in [0, 0.05) is 30.5 Å². The van der Waals surface area contributed by atoms with Crippen LogP contribution >= 0.6 is 0 Å². The number of rotatable bonds is 2. The summed E-state index contributed by atoms with van der Waals surface area (Å²) in [5, 5.41) is 3.52. The van der Waals surface area contributed by atoms with Gasteiger partial charge in [0.2, 0.25) is 5.91 Å². The highest BCUT2D eigenvalue weighted by atomic mass is 16.1. The second-order valence-corrected chi connectivity index (χ2v) is 6.52. The van der Waals surface area contributed by atoms with Crippen LogP contribution in [0.25, 0.3) is 0 Å². The third-order valence-corrected chi connectivity index (χ3v) is 4.77. The molecule has 4 nitrogen and oxygen atoms in total. The number of carbonyl (C=O) groups excluding carboxylic acids is 1. The lowest BCUT2D eigenvalue weighted by Gasteiger charge is -2.27. The Bertz CT molecular complexity index is 543. The van der Waals surface area contributed by atoms with E-state index in [0.29, 0.717) is 6.04 Å². The first-order chi connectivity index (χ1) is 9.48. The number of nitrogens with zero attached hydrogens (tertiary/aromatic N) is 1. The Kier molecular flexibility index (Phi) is 3.11. The van der Waals surface area contributed by atoms with Gasteiger partial charge in [-0.15, -0.1) is 0 Å². The molecule has 1 amide bonds. The number of carbonyl (C=O) groups is 1. The lowest BCUT2D eigenvalue weighted by atomic mass is 9.89. The van der Waals surface area contributed by atoms with E-state index in [1.54, 1.807) is 0 Å². The van der Waals surface area contributed by atoms with Crippen LogP contribution in [-0.4, -0.2) is 25.0 Å². The Balaban J connectivity index is 1.81. The molecule has 0 aliphatic carbocycles. The molecule has 1 aromatic rings. The monoisotopic (exact) mass is 273 g/mol. The number of anilines is 2. The lowest BCUT2D eigenvalue weighted by Crippen LogP contribution is -2.37. The summed E-state index contributed by atoms with van der Waals surface area (Å²) in [7, 11) is 0. The summed E-state index contributed by atoms with van der Waals surface area (Å²) in [6.45, 7) is 5.82. The Labute approximate surface area is 120 Å². The molecule has 0 radical (unpaired) electrons. The maximum Gasteiger partial charge on any atom is 0.225 e.